The molecule has 0 aliphatic carbocycles. The minimum absolute atomic E-state index is 0.0883. The second-order valence-corrected chi connectivity index (χ2v) is 9.05. The Morgan fingerprint density at radius 3 is 2.45 bits per heavy atom. The second kappa shape index (κ2) is 7.60. The maximum Gasteiger partial charge on any atom is 0.354 e. The number of fused-ring (bicyclic) bond motifs is 2. The number of aromatic amines is 1. The van der Waals surface area contributed by atoms with Crippen LogP contribution in [0.1, 0.15) is 32.7 Å². The number of carboxylic acids is 1. The molecule has 0 unspecified atom stereocenters. The van der Waals surface area contributed by atoms with E-state index in [1.54, 1.807) is 15.3 Å². The van der Waals surface area contributed by atoms with Crippen LogP contribution < -0.4 is 11.2 Å². The summed E-state index contributed by atoms with van der Waals surface area (Å²) in [5, 5.41) is 14.5. The lowest BCUT2D eigenvalue weighted by atomic mass is 10.1. The van der Waals surface area contributed by atoms with Gasteiger partial charge in [0, 0.05) is 22.7 Å². The lowest BCUT2D eigenvalue weighted by Gasteiger charge is -2.12. The van der Waals surface area contributed by atoms with Gasteiger partial charge in [0.25, 0.3) is 5.56 Å². The molecule has 2 aromatic carbocycles. The van der Waals surface area contributed by atoms with Crippen LogP contribution in [-0.4, -0.2) is 25.2 Å². The summed E-state index contributed by atoms with van der Waals surface area (Å²) in [6.07, 6.45) is 0. The number of hydrogen-bond acceptors (Lipinski definition) is 4. The third-order valence-electron chi connectivity index (χ3n) is 5.99. The smallest absolute Gasteiger partial charge is 0.354 e. The van der Waals surface area contributed by atoms with E-state index in [1.165, 1.54) is 11.3 Å². The molecule has 166 valence electrons. The molecule has 3 aromatic heterocycles. The summed E-state index contributed by atoms with van der Waals surface area (Å²) in [4.78, 5) is 41.6. The number of H-pyrrole nitrogens is 1. The molecule has 0 radical (unpaired) electrons. The van der Waals surface area contributed by atoms with Gasteiger partial charge in [-0.1, -0.05) is 35.4 Å². The summed E-state index contributed by atoms with van der Waals surface area (Å²) in [5.41, 5.74) is 3.88. The Balaban J connectivity index is 1.90. The predicted octanol–water partition coefficient (Wildman–Crippen LogP) is 4.37. The van der Waals surface area contributed by atoms with Gasteiger partial charge in [0.15, 0.2) is 5.69 Å². The van der Waals surface area contributed by atoms with E-state index in [2.05, 4.69) is 4.98 Å². The lowest BCUT2D eigenvalue weighted by molar-refractivity contribution is 0.0686. The fraction of sp³-hybridized carbons (Fsp3) is 0.160. The SMILES string of the molecule is Cc1ccc(Cn2c(C(=O)O)c(-n3c(=O)[nH]c4cscc4c3=O)c3cc(C)ccc32)c(C)c1. The third-order valence-corrected chi connectivity index (χ3v) is 6.73. The minimum atomic E-state index is -1.21. The molecule has 0 saturated heterocycles. The van der Waals surface area contributed by atoms with Crippen molar-refractivity contribution in [3.8, 4) is 5.69 Å². The highest BCUT2D eigenvalue weighted by atomic mass is 32.1. The Kier molecular flexibility index (Phi) is 4.83. The molecule has 33 heavy (non-hydrogen) atoms. The number of carbonyl (C=O) groups is 1. The first-order chi connectivity index (χ1) is 15.8. The van der Waals surface area contributed by atoms with Gasteiger partial charge in [-0.2, -0.15) is 0 Å². The molecule has 2 N–H and O–H groups in total. The second-order valence-electron chi connectivity index (χ2n) is 8.31. The van der Waals surface area contributed by atoms with Crippen LogP contribution in [0.5, 0.6) is 0 Å². The number of nitrogens with one attached hydrogen (secondary N) is 1. The van der Waals surface area contributed by atoms with Crippen molar-refractivity contribution in [2.24, 2.45) is 0 Å². The first kappa shape index (κ1) is 21.0. The van der Waals surface area contributed by atoms with E-state index in [0.29, 0.717) is 28.4 Å². The maximum atomic E-state index is 13.3. The number of benzene rings is 2. The van der Waals surface area contributed by atoms with Crippen LogP contribution in [0.4, 0.5) is 0 Å². The summed E-state index contributed by atoms with van der Waals surface area (Å²) in [6, 6.07) is 11.6. The fourth-order valence-electron chi connectivity index (χ4n) is 4.40. The Morgan fingerprint density at radius 1 is 1.00 bits per heavy atom. The van der Waals surface area contributed by atoms with Gasteiger partial charge in [-0.05, 0) is 44.0 Å². The van der Waals surface area contributed by atoms with Crippen molar-refractivity contribution in [3.63, 3.8) is 0 Å². The Hall–Kier alpha value is -3.91. The van der Waals surface area contributed by atoms with Crippen molar-refractivity contribution in [2.75, 3.05) is 0 Å². The van der Waals surface area contributed by atoms with Gasteiger partial charge in [0.1, 0.15) is 0 Å². The van der Waals surface area contributed by atoms with E-state index in [4.69, 9.17) is 0 Å². The average Bonchev–Trinajstić information content (AvgIpc) is 3.33. The molecule has 0 aliphatic rings. The average molecular weight is 460 g/mol. The molecule has 0 aliphatic heterocycles. The van der Waals surface area contributed by atoms with Crippen molar-refractivity contribution in [1.82, 2.24) is 14.1 Å². The van der Waals surface area contributed by atoms with E-state index < -0.39 is 17.2 Å². The molecule has 0 bridgehead atoms. The number of thiophene rings is 1. The third kappa shape index (κ3) is 3.30. The van der Waals surface area contributed by atoms with Crippen LogP contribution in [0, 0.1) is 20.8 Å². The van der Waals surface area contributed by atoms with Crippen LogP contribution in [0.2, 0.25) is 0 Å². The number of carboxylic acid groups (broad SMARTS) is 1. The Labute approximate surface area is 192 Å². The number of aromatic carboxylic acids is 1. The van der Waals surface area contributed by atoms with E-state index in [0.717, 1.165) is 26.8 Å². The largest absolute Gasteiger partial charge is 0.477 e. The van der Waals surface area contributed by atoms with Crippen LogP contribution in [-0.2, 0) is 6.54 Å². The highest BCUT2D eigenvalue weighted by molar-refractivity contribution is 7.09. The van der Waals surface area contributed by atoms with E-state index in [-0.39, 0.29) is 11.4 Å². The molecular weight excluding hydrogens is 438 g/mol. The molecule has 3 heterocycles. The number of nitrogens with zero attached hydrogens (tertiary/aromatic N) is 2. The topological polar surface area (TPSA) is 97.1 Å². The van der Waals surface area contributed by atoms with Gasteiger partial charge >= 0.3 is 11.7 Å². The van der Waals surface area contributed by atoms with Gasteiger partial charge in [0.2, 0.25) is 0 Å². The zero-order valence-electron chi connectivity index (χ0n) is 18.3. The highest BCUT2D eigenvalue weighted by Crippen LogP contribution is 2.31. The van der Waals surface area contributed by atoms with E-state index >= 15 is 0 Å². The van der Waals surface area contributed by atoms with Gasteiger partial charge < -0.3 is 14.7 Å². The maximum absolute atomic E-state index is 13.3. The summed E-state index contributed by atoms with van der Waals surface area (Å²) in [6.45, 7) is 6.17. The van der Waals surface area contributed by atoms with E-state index in [1.807, 2.05) is 57.2 Å². The number of rotatable bonds is 4. The van der Waals surface area contributed by atoms with Gasteiger partial charge in [-0.15, -0.1) is 11.3 Å². The van der Waals surface area contributed by atoms with E-state index in [9.17, 15) is 19.5 Å². The molecule has 5 aromatic rings. The van der Waals surface area contributed by atoms with Crippen molar-refractivity contribution in [1.29, 1.82) is 0 Å². The molecular formula is C25H21N3O4S. The predicted molar refractivity (Wildman–Crippen MR) is 130 cm³/mol. The standard InChI is InChI=1S/C25H21N3O4S/c1-13-4-6-16(15(3)8-13)10-27-20-7-5-14(2)9-17(20)21(22(27)24(30)31)28-23(29)18-11-33-12-19(18)26-25(28)32/h4-9,11-12H,10H2,1-3H3,(H,26,32)(H,30,31). The summed E-state index contributed by atoms with van der Waals surface area (Å²) in [7, 11) is 0. The molecule has 0 amide bonds. The van der Waals surface area contributed by atoms with Gasteiger partial charge in [-0.25, -0.2) is 14.2 Å². The first-order valence-corrected chi connectivity index (χ1v) is 11.3. The van der Waals surface area contributed by atoms with Crippen molar-refractivity contribution >= 4 is 39.1 Å². The molecule has 7 nitrogen and oxygen atoms in total. The molecule has 0 saturated carbocycles. The quantitative estimate of drug-likeness (QED) is 0.417. The normalized spacial score (nSPS) is 11.5. The monoisotopic (exact) mass is 459 g/mol. The fourth-order valence-corrected chi connectivity index (χ4v) is 5.15. The molecule has 0 atom stereocenters. The minimum Gasteiger partial charge on any atom is -0.477 e. The first-order valence-electron chi connectivity index (χ1n) is 10.4. The zero-order valence-corrected chi connectivity index (χ0v) is 19.1. The van der Waals surface area contributed by atoms with Crippen molar-refractivity contribution < 1.29 is 9.90 Å². The summed E-state index contributed by atoms with van der Waals surface area (Å²) in [5.74, 6) is -1.21. The van der Waals surface area contributed by atoms with Crippen LogP contribution in [0.3, 0.4) is 0 Å². The van der Waals surface area contributed by atoms with Gasteiger partial charge in [-0.3, -0.25) is 4.79 Å². The van der Waals surface area contributed by atoms with Crippen LogP contribution >= 0.6 is 11.3 Å². The molecule has 5 rings (SSSR count). The Bertz CT molecular complexity index is 1700. The van der Waals surface area contributed by atoms with Crippen molar-refractivity contribution in [3.05, 3.63) is 95.9 Å². The summed E-state index contributed by atoms with van der Waals surface area (Å²) >= 11 is 1.30. The van der Waals surface area contributed by atoms with Gasteiger partial charge in [0.05, 0.1) is 22.1 Å². The van der Waals surface area contributed by atoms with Crippen molar-refractivity contribution in [2.45, 2.75) is 27.3 Å². The summed E-state index contributed by atoms with van der Waals surface area (Å²) < 4.78 is 2.63. The lowest BCUT2D eigenvalue weighted by Crippen LogP contribution is -2.34. The highest BCUT2D eigenvalue weighted by Gasteiger charge is 2.27. The number of aromatic nitrogens is 3. The van der Waals surface area contributed by atoms with Crippen LogP contribution in [0.25, 0.3) is 27.5 Å². The zero-order chi connectivity index (χ0) is 23.4. The number of aryl methyl sites for hydroxylation is 3. The Morgan fingerprint density at radius 2 is 1.73 bits per heavy atom. The molecule has 8 heteroatoms. The number of hydrogen-bond donors (Lipinski definition) is 2. The molecule has 0 spiro atoms. The van der Waals surface area contributed by atoms with Crippen LogP contribution in [0.15, 0.2) is 56.7 Å². The molecule has 0 fully saturated rings.